The Kier molecular flexibility index (Phi) is 9.49. The lowest BCUT2D eigenvalue weighted by Crippen LogP contribution is -2.68. The van der Waals surface area contributed by atoms with Crippen LogP contribution >= 0.6 is 11.6 Å². The van der Waals surface area contributed by atoms with E-state index in [1.165, 1.54) is 12.1 Å². The Hall–Kier alpha value is -1.82. The average Bonchev–Trinajstić information content (AvgIpc) is 2.44. The molecular weight excluding hydrogens is 379 g/mol. The number of nitro groups is 1. The van der Waals surface area contributed by atoms with Crippen LogP contribution in [0, 0.1) is 20.4 Å². The molecule has 0 fully saturated rings. The van der Waals surface area contributed by atoms with Gasteiger partial charge in [0.2, 0.25) is 5.84 Å². The molecule has 25 heavy (non-hydrogen) atoms. The summed E-state index contributed by atoms with van der Waals surface area (Å²) < 4.78 is 35.7. The van der Waals surface area contributed by atoms with Crippen molar-refractivity contribution in [2.45, 2.75) is 6.42 Å². The van der Waals surface area contributed by atoms with Crippen LogP contribution in [-0.4, -0.2) is 53.7 Å². The van der Waals surface area contributed by atoms with Crippen molar-refractivity contribution < 1.29 is 38.4 Å². The van der Waals surface area contributed by atoms with Crippen molar-refractivity contribution in [3.05, 3.63) is 39.9 Å². The van der Waals surface area contributed by atoms with Crippen molar-refractivity contribution in [3.8, 4) is 0 Å². The number of hydrogen-bond acceptors (Lipinski definition) is 6. The quantitative estimate of drug-likeness (QED) is 0.133. The van der Waals surface area contributed by atoms with E-state index in [-0.39, 0.29) is 5.69 Å². The number of amidine groups is 2. The fraction of sp³-hybridized carbons (Fsp3) is 0.385. The van der Waals surface area contributed by atoms with Gasteiger partial charge in [-0.1, -0.05) is 12.1 Å². The van der Waals surface area contributed by atoms with Gasteiger partial charge in [0.1, 0.15) is 0 Å². The lowest BCUT2D eigenvalue weighted by atomic mass is 10.1. The molecule has 12 heteroatoms. The first kappa shape index (κ1) is 23.2. The number of nitrogens with zero attached hydrogens (tertiary/aromatic N) is 4. The number of non-ortho nitro benzene ring substituents is 1. The summed E-state index contributed by atoms with van der Waals surface area (Å²) >= 11 is 6.03. The molecule has 0 saturated carbocycles. The number of rotatable bonds is 3. The molecule has 0 aliphatic heterocycles. The number of nitro benzene ring substituents is 1. The molecule has 0 unspecified atom stereocenters. The Labute approximate surface area is 151 Å². The predicted molar refractivity (Wildman–Crippen MR) is 80.9 cm³/mol. The van der Waals surface area contributed by atoms with Crippen LogP contribution in [0.4, 0.5) is 5.69 Å². The normalized spacial score (nSPS) is 11.3. The van der Waals surface area contributed by atoms with Gasteiger partial charge in [-0.05, 0) is 10.6 Å². The third-order valence-corrected chi connectivity index (χ3v) is 3.04. The largest absolute Gasteiger partial charge is 0.392 e. The third-order valence-electron chi connectivity index (χ3n) is 2.62. The maximum Gasteiger partial charge on any atom is 0.392 e. The van der Waals surface area contributed by atoms with Gasteiger partial charge in [-0.2, -0.15) is 0 Å². The highest BCUT2D eigenvalue weighted by Crippen LogP contribution is 2.13. The standard InChI is InChI=1S/C13H18ClN4O2.ClHO4/c1-16(2)12(15-13(14)17(3)4)9-10-5-7-11(8-6-10)18(19)20;2-1(3,4)5/h5-8H,9H2,1-4H3;(H,2,3,4,5)/q+1;/p-1. The van der Waals surface area contributed by atoms with Crippen molar-refractivity contribution >= 4 is 28.4 Å². The van der Waals surface area contributed by atoms with E-state index in [0.29, 0.717) is 11.7 Å². The second-order valence-corrected chi connectivity index (χ2v) is 6.16. The number of hydrogen-bond donors (Lipinski definition) is 0. The Morgan fingerprint density at radius 3 is 1.92 bits per heavy atom. The number of halogens is 2. The molecule has 0 amide bonds. The molecule has 10 nitrogen and oxygen atoms in total. The smallest absolute Gasteiger partial charge is 0.345 e. The van der Waals surface area contributed by atoms with Crippen LogP contribution in [0.15, 0.2) is 29.3 Å². The fourth-order valence-corrected chi connectivity index (χ4v) is 1.52. The summed E-state index contributed by atoms with van der Waals surface area (Å²) in [6.45, 7) is 0. The van der Waals surface area contributed by atoms with E-state index in [1.807, 2.05) is 33.1 Å². The van der Waals surface area contributed by atoms with E-state index in [0.717, 1.165) is 11.4 Å². The van der Waals surface area contributed by atoms with Crippen LogP contribution in [0.5, 0.6) is 0 Å². The second-order valence-electron chi connectivity index (χ2n) is 5.06. The molecule has 0 aliphatic rings. The number of aliphatic imine (C=N–C) groups is 1. The van der Waals surface area contributed by atoms with Gasteiger partial charge in [-0.25, -0.2) is 18.6 Å². The molecule has 140 valence electrons. The highest BCUT2D eigenvalue weighted by molar-refractivity contribution is 6.64. The summed E-state index contributed by atoms with van der Waals surface area (Å²) in [5.74, 6) is 0.776. The molecule has 1 aromatic rings. The minimum atomic E-state index is -4.94. The minimum absolute atomic E-state index is 0.0787. The predicted octanol–water partition coefficient (Wildman–Crippen LogP) is -2.79. The fourth-order valence-electron chi connectivity index (χ4n) is 1.42. The summed E-state index contributed by atoms with van der Waals surface area (Å²) in [4.78, 5) is 16.4. The van der Waals surface area contributed by atoms with Crippen molar-refractivity contribution in [1.29, 1.82) is 0 Å². The molecule has 1 aromatic carbocycles. The topological polar surface area (TPSA) is 154 Å². The summed E-state index contributed by atoms with van der Waals surface area (Å²) in [5, 5.41) is 11.0. The lowest BCUT2D eigenvalue weighted by Gasteiger charge is -2.17. The molecule has 0 saturated heterocycles. The third kappa shape index (κ3) is 11.4. The Balaban J connectivity index is 0.00000101. The van der Waals surface area contributed by atoms with Crippen molar-refractivity contribution in [2.75, 3.05) is 28.2 Å². The van der Waals surface area contributed by atoms with Crippen LogP contribution in [0.25, 0.3) is 0 Å². The minimum Gasteiger partial charge on any atom is -0.345 e. The second kappa shape index (κ2) is 10.2. The van der Waals surface area contributed by atoms with Gasteiger partial charge in [0, 0.05) is 37.8 Å². The van der Waals surface area contributed by atoms with E-state index in [9.17, 15) is 10.1 Å². The maximum absolute atomic E-state index is 10.6. The van der Waals surface area contributed by atoms with E-state index in [1.54, 1.807) is 16.7 Å². The van der Waals surface area contributed by atoms with Crippen molar-refractivity contribution in [2.24, 2.45) is 4.99 Å². The number of benzene rings is 1. The molecule has 0 heterocycles. The highest BCUT2D eigenvalue weighted by Gasteiger charge is 2.14. The summed E-state index contributed by atoms with van der Waals surface area (Å²) in [6.07, 6.45) is 0.551. The molecule has 0 aliphatic carbocycles. The van der Waals surface area contributed by atoms with Crippen LogP contribution in [0.3, 0.4) is 0 Å². The monoisotopic (exact) mass is 396 g/mol. The lowest BCUT2D eigenvalue weighted by molar-refractivity contribution is -2.00. The van der Waals surface area contributed by atoms with Crippen molar-refractivity contribution in [1.82, 2.24) is 4.90 Å². The maximum atomic E-state index is 10.6. The first-order valence-corrected chi connectivity index (χ1v) is 8.22. The van der Waals surface area contributed by atoms with Gasteiger partial charge in [0.05, 0.1) is 25.4 Å². The summed E-state index contributed by atoms with van der Waals surface area (Å²) in [5.41, 5.74) is 1.02. The zero-order valence-electron chi connectivity index (χ0n) is 14.0. The van der Waals surface area contributed by atoms with Crippen LogP contribution in [0.2, 0.25) is 0 Å². The Morgan fingerprint density at radius 2 is 1.60 bits per heavy atom. The molecule has 0 aromatic heterocycles. The number of likely N-dealkylation sites (N-methyl/N-ethyl adjacent to an activating group) is 1. The van der Waals surface area contributed by atoms with Crippen LogP contribution in [0.1, 0.15) is 5.56 Å². The highest BCUT2D eigenvalue weighted by atomic mass is 35.7. The van der Waals surface area contributed by atoms with Gasteiger partial charge in [-0.3, -0.25) is 14.7 Å². The molecule has 1 rings (SSSR count). The van der Waals surface area contributed by atoms with E-state index in [4.69, 9.17) is 30.2 Å². The Morgan fingerprint density at radius 1 is 1.16 bits per heavy atom. The first-order valence-electron chi connectivity index (χ1n) is 6.61. The van der Waals surface area contributed by atoms with Gasteiger partial charge >= 0.3 is 5.29 Å². The van der Waals surface area contributed by atoms with E-state index < -0.39 is 15.2 Å². The molecule has 0 atom stereocenters. The molecule has 0 bridgehead atoms. The van der Waals surface area contributed by atoms with Gasteiger partial charge in [0.25, 0.3) is 5.69 Å². The molecule has 0 radical (unpaired) electrons. The zero-order chi connectivity index (χ0) is 19.8. The summed E-state index contributed by atoms with van der Waals surface area (Å²) in [6, 6.07) is 6.42. The molecule has 0 spiro atoms. The van der Waals surface area contributed by atoms with Crippen LogP contribution < -0.4 is 18.6 Å². The van der Waals surface area contributed by atoms with Gasteiger partial charge in [-0.15, -0.1) is 10.2 Å². The average molecular weight is 397 g/mol. The first-order chi connectivity index (χ1) is 11.3. The van der Waals surface area contributed by atoms with Crippen LogP contribution in [-0.2, 0) is 6.42 Å². The molecule has 0 N–H and O–H groups in total. The van der Waals surface area contributed by atoms with Crippen molar-refractivity contribution in [3.63, 3.8) is 0 Å². The Bertz CT molecular complexity index is 631. The molecular formula is C13H18Cl2N4O6. The SMILES string of the molecule is CN(C)/C(Cc1ccc([N+](=O)[O-])cc1)=N/C(Cl)=[N+](C)C.[O-][Cl+3]([O-])([O-])[O-]. The van der Waals surface area contributed by atoms with Gasteiger partial charge in [0.15, 0.2) is 0 Å². The summed E-state index contributed by atoms with van der Waals surface area (Å²) in [7, 11) is 2.43. The zero-order valence-corrected chi connectivity index (χ0v) is 15.5. The van der Waals surface area contributed by atoms with Gasteiger partial charge < -0.3 is 4.90 Å². The van der Waals surface area contributed by atoms with E-state index >= 15 is 0 Å². The van der Waals surface area contributed by atoms with E-state index in [2.05, 4.69) is 4.99 Å².